The highest BCUT2D eigenvalue weighted by molar-refractivity contribution is 5.81. The van der Waals surface area contributed by atoms with Gasteiger partial charge in [-0.2, -0.15) is 0 Å². The Labute approximate surface area is 104 Å². The van der Waals surface area contributed by atoms with Gasteiger partial charge in [-0.15, -0.1) is 0 Å². The number of carboxylic acid groups (broad SMARTS) is 1. The van der Waals surface area contributed by atoms with Crippen LogP contribution in [0.25, 0.3) is 0 Å². The summed E-state index contributed by atoms with van der Waals surface area (Å²) in [4.78, 5) is 10.5. The molecule has 0 spiro atoms. The van der Waals surface area contributed by atoms with E-state index in [4.69, 9.17) is 5.11 Å². The number of allylic oxidation sites excluding steroid dienone is 5. The van der Waals surface area contributed by atoms with Gasteiger partial charge in [-0.1, -0.05) is 37.6 Å². The van der Waals surface area contributed by atoms with Crippen LogP contribution in [0.3, 0.4) is 0 Å². The first-order valence-electron chi connectivity index (χ1n) is 6.09. The molecule has 0 fully saturated rings. The Bertz CT molecular complexity index is 384. The lowest BCUT2D eigenvalue weighted by Gasteiger charge is -2.36. The Hall–Kier alpha value is -1.31. The summed E-state index contributed by atoms with van der Waals surface area (Å²) >= 11 is 0. The van der Waals surface area contributed by atoms with Crippen LogP contribution in [-0.4, -0.2) is 11.1 Å². The zero-order valence-electron chi connectivity index (χ0n) is 11.2. The Morgan fingerprint density at radius 2 is 2.18 bits per heavy atom. The van der Waals surface area contributed by atoms with Gasteiger partial charge in [0.25, 0.3) is 0 Å². The molecule has 0 aromatic carbocycles. The molecule has 0 aromatic heterocycles. The molecular weight excluding hydrogens is 212 g/mol. The highest BCUT2D eigenvalue weighted by Gasteiger charge is 2.30. The van der Waals surface area contributed by atoms with Crippen molar-refractivity contribution in [3.8, 4) is 0 Å². The van der Waals surface area contributed by atoms with Crippen molar-refractivity contribution in [2.24, 2.45) is 11.3 Å². The van der Waals surface area contributed by atoms with Crippen LogP contribution in [0.15, 0.2) is 35.5 Å². The van der Waals surface area contributed by atoms with E-state index in [-0.39, 0.29) is 5.41 Å². The smallest absolute Gasteiger partial charge is 0.328 e. The zero-order valence-corrected chi connectivity index (χ0v) is 11.2. The normalized spacial score (nSPS) is 24.8. The number of carbonyl (C=O) groups is 1. The van der Waals surface area contributed by atoms with E-state index >= 15 is 0 Å². The molecule has 1 unspecified atom stereocenters. The van der Waals surface area contributed by atoms with Crippen molar-refractivity contribution in [2.75, 3.05) is 0 Å². The molecule has 1 aliphatic rings. The summed E-state index contributed by atoms with van der Waals surface area (Å²) in [7, 11) is 0. The predicted octanol–water partition coefficient (Wildman–Crippen LogP) is 3.96. The van der Waals surface area contributed by atoms with Crippen molar-refractivity contribution in [3.05, 3.63) is 35.5 Å². The molecule has 0 aliphatic heterocycles. The van der Waals surface area contributed by atoms with Crippen molar-refractivity contribution < 1.29 is 9.90 Å². The molecule has 0 bridgehead atoms. The first-order valence-corrected chi connectivity index (χ1v) is 6.09. The molecule has 1 atom stereocenters. The fourth-order valence-electron chi connectivity index (χ4n) is 2.47. The molecule has 2 nitrogen and oxygen atoms in total. The fourth-order valence-corrected chi connectivity index (χ4v) is 2.47. The van der Waals surface area contributed by atoms with Crippen LogP contribution < -0.4 is 0 Å². The van der Waals surface area contributed by atoms with E-state index in [0.717, 1.165) is 12.0 Å². The van der Waals surface area contributed by atoms with Gasteiger partial charge >= 0.3 is 5.97 Å². The van der Waals surface area contributed by atoms with Crippen LogP contribution in [0.5, 0.6) is 0 Å². The molecule has 0 heterocycles. The zero-order chi connectivity index (χ0) is 13.1. The Morgan fingerprint density at radius 1 is 1.53 bits per heavy atom. The number of hydrogen-bond donors (Lipinski definition) is 1. The van der Waals surface area contributed by atoms with Gasteiger partial charge in [0, 0.05) is 12.0 Å². The third kappa shape index (κ3) is 3.88. The van der Waals surface area contributed by atoms with E-state index in [1.165, 1.54) is 18.1 Å². The first-order chi connectivity index (χ1) is 7.83. The Balaban J connectivity index is 2.85. The van der Waals surface area contributed by atoms with Crippen LogP contribution in [0, 0.1) is 11.3 Å². The molecule has 1 aliphatic carbocycles. The maximum atomic E-state index is 10.5. The average molecular weight is 234 g/mol. The summed E-state index contributed by atoms with van der Waals surface area (Å²) in [5, 5.41) is 8.65. The van der Waals surface area contributed by atoms with Gasteiger partial charge in [0.05, 0.1) is 0 Å². The Morgan fingerprint density at radius 3 is 2.71 bits per heavy atom. The SMILES string of the molecule is CC1=CCCC(C)(C)C1/C=C/C(C)=C/C(=O)O. The van der Waals surface area contributed by atoms with Gasteiger partial charge in [-0.3, -0.25) is 0 Å². The van der Waals surface area contributed by atoms with Crippen molar-refractivity contribution in [2.45, 2.75) is 40.5 Å². The van der Waals surface area contributed by atoms with Crippen molar-refractivity contribution in [1.29, 1.82) is 0 Å². The first kappa shape index (κ1) is 13.8. The third-order valence-corrected chi connectivity index (χ3v) is 3.49. The highest BCUT2D eigenvalue weighted by atomic mass is 16.4. The molecule has 17 heavy (non-hydrogen) atoms. The minimum atomic E-state index is -0.887. The largest absolute Gasteiger partial charge is 0.478 e. The van der Waals surface area contributed by atoms with E-state index in [1.54, 1.807) is 0 Å². The monoisotopic (exact) mass is 234 g/mol. The molecule has 0 saturated carbocycles. The number of hydrogen-bond acceptors (Lipinski definition) is 1. The number of carboxylic acids is 1. The predicted molar refractivity (Wildman–Crippen MR) is 70.8 cm³/mol. The second-order valence-corrected chi connectivity index (χ2v) is 5.54. The quantitative estimate of drug-likeness (QED) is 0.456. The standard InChI is InChI=1S/C15H22O2/c1-11(10-14(16)17)7-8-13-12(2)6-5-9-15(13,3)4/h6-8,10,13H,5,9H2,1-4H3,(H,16,17)/b8-7+,11-10+. The molecular formula is C15H22O2. The summed E-state index contributed by atoms with van der Waals surface area (Å²) in [5.74, 6) is -0.476. The minimum absolute atomic E-state index is 0.263. The molecule has 94 valence electrons. The molecule has 0 saturated heterocycles. The topological polar surface area (TPSA) is 37.3 Å². The summed E-state index contributed by atoms with van der Waals surface area (Å²) in [6.07, 6.45) is 9.92. The van der Waals surface area contributed by atoms with Crippen LogP contribution in [0.1, 0.15) is 40.5 Å². The summed E-state index contributed by atoms with van der Waals surface area (Å²) in [6, 6.07) is 0. The van der Waals surface area contributed by atoms with Crippen LogP contribution in [0.2, 0.25) is 0 Å². The molecule has 0 radical (unpaired) electrons. The molecule has 1 rings (SSSR count). The van der Waals surface area contributed by atoms with E-state index in [2.05, 4.69) is 32.9 Å². The lowest BCUT2D eigenvalue weighted by atomic mass is 9.68. The van der Waals surface area contributed by atoms with Gasteiger partial charge in [0.1, 0.15) is 0 Å². The van der Waals surface area contributed by atoms with Gasteiger partial charge < -0.3 is 5.11 Å². The summed E-state index contributed by atoms with van der Waals surface area (Å²) in [6.45, 7) is 8.52. The molecule has 1 N–H and O–H groups in total. The number of rotatable bonds is 3. The van der Waals surface area contributed by atoms with E-state index in [0.29, 0.717) is 5.92 Å². The van der Waals surface area contributed by atoms with Crippen LogP contribution in [-0.2, 0) is 4.79 Å². The van der Waals surface area contributed by atoms with E-state index in [1.807, 2.05) is 13.0 Å². The van der Waals surface area contributed by atoms with Gasteiger partial charge in [0.15, 0.2) is 0 Å². The van der Waals surface area contributed by atoms with Crippen LogP contribution in [0.4, 0.5) is 0 Å². The summed E-state index contributed by atoms with van der Waals surface area (Å²) < 4.78 is 0. The minimum Gasteiger partial charge on any atom is -0.478 e. The Kier molecular flexibility index (Phi) is 4.33. The molecule has 0 aromatic rings. The second-order valence-electron chi connectivity index (χ2n) is 5.54. The maximum absolute atomic E-state index is 10.5. The summed E-state index contributed by atoms with van der Waals surface area (Å²) in [5.41, 5.74) is 2.44. The molecule has 0 amide bonds. The van der Waals surface area contributed by atoms with Crippen molar-refractivity contribution >= 4 is 5.97 Å². The van der Waals surface area contributed by atoms with Gasteiger partial charge in [0.2, 0.25) is 0 Å². The lowest BCUT2D eigenvalue weighted by Crippen LogP contribution is -2.26. The van der Waals surface area contributed by atoms with Gasteiger partial charge in [-0.25, -0.2) is 4.79 Å². The average Bonchev–Trinajstić information content (AvgIpc) is 2.14. The van der Waals surface area contributed by atoms with Crippen molar-refractivity contribution in [3.63, 3.8) is 0 Å². The number of aliphatic carboxylic acids is 1. The third-order valence-electron chi connectivity index (χ3n) is 3.49. The highest BCUT2D eigenvalue weighted by Crippen LogP contribution is 2.41. The molecule has 2 heteroatoms. The lowest BCUT2D eigenvalue weighted by molar-refractivity contribution is -0.131. The van der Waals surface area contributed by atoms with E-state index < -0.39 is 5.97 Å². The maximum Gasteiger partial charge on any atom is 0.328 e. The van der Waals surface area contributed by atoms with Crippen molar-refractivity contribution in [1.82, 2.24) is 0 Å². The van der Waals surface area contributed by atoms with E-state index in [9.17, 15) is 4.79 Å². The second kappa shape index (κ2) is 5.35. The van der Waals surface area contributed by atoms with Gasteiger partial charge in [-0.05, 0) is 37.7 Å². The fraction of sp³-hybridized carbons (Fsp3) is 0.533. The van der Waals surface area contributed by atoms with Crippen LogP contribution >= 0.6 is 0 Å².